The summed E-state index contributed by atoms with van der Waals surface area (Å²) in [6.45, 7) is 0.586. The predicted molar refractivity (Wildman–Crippen MR) is 99.8 cm³/mol. The first kappa shape index (κ1) is 19.3. The van der Waals surface area contributed by atoms with Gasteiger partial charge in [-0.1, -0.05) is 12.1 Å². The van der Waals surface area contributed by atoms with Crippen LogP contribution in [0.1, 0.15) is 23.1 Å². The second-order valence-corrected chi connectivity index (χ2v) is 8.52. The first-order valence-corrected chi connectivity index (χ1v) is 10.1. The third-order valence-electron chi connectivity index (χ3n) is 4.79. The van der Waals surface area contributed by atoms with Gasteiger partial charge in [-0.2, -0.15) is 4.31 Å². The zero-order valence-corrected chi connectivity index (χ0v) is 16.2. The largest absolute Gasteiger partial charge is 0.469 e. The number of esters is 1. The van der Waals surface area contributed by atoms with E-state index in [1.54, 1.807) is 43.6 Å². The molecule has 2 heterocycles. The lowest BCUT2D eigenvalue weighted by Crippen LogP contribution is -2.37. The smallest absolute Gasteiger partial charge is 0.305 e. The van der Waals surface area contributed by atoms with Gasteiger partial charge in [-0.25, -0.2) is 8.42 Å². The van der Waals surface area contributed by atoms with Gasteiger partial charge in [0.15, 0.2) is 0 Å². The Hall–Kier alpha value is -2.45. The molecule has 0 bridgehead atoms. The first-order valence-electron chi connectivity index (χ1n) is 8.65. The summed E-state index contributed by atoms with van der Waals surface area (Å²) in [5, 5.41) is 0. The van der Waals surface area contributed by atoms with E-state index in [4.69, 9.17) is 0 Å². The van der Waals surface area contributed by atoms with E-state index < -0.39 is 10.0 Å². The Morgan fingerprint density at radius 1 is 1.19 bits per heavy atom. The highest BCUT2D eigenvalue weighted by molar-refractivity contribution is 7.89. The number of aromatic nitrogens is 1. The standard InChI is InChI=1S/C19H22N2O5S/c1-20-12-16-13-21(10-9-15(16)11-18(20)22)27(24,25)17-6-3-14(4-7-17)5-8-19(23)26-2/h3-4,6-7,11-12H,5,8-10,13H2,1-2H3. The third-order valence-corrected chi connectivity index (χ3v) is 6.65. The van der Waals surface area contributed by atoms with Crippen molar-refractivity contribution in [1.82, 2.24) is 8.87 Å². The number of aryl methyl sites for hydroxylation is 2. The van der Waals surface area contributed by atoms with Gasteiger partial charge in [0.2, 0.25) is 10.0 Å². The Morgan fingerprint density at radius 2 is 1.89 bits per heavy atom. The molecule has 3 rings (SSSR count). The van der Waals surface area contributed by atoms with Gasteiger partial charge in [-0.15, -0.1) is 0 Å². The van der Waals surface area contributed by atoms with Crippen LogP contribution in [0.3, 0.4) is 0 Å². The van der Waals surface area contributed by atoms with Crippen molar-refractivity contribution in [3.05, 3.63) is 63.6 Å². The van der Waals surface area contributed by atoms with Gasteiger partial charge in [0.25, 0.3) is 5.56 Å². The van der Waals surface area contributed by atoms with Crippen molar-refractivity contribution in [1.29, 1.82) is 0 Å². The molecule has 0 saturated carbocycles. The van der Waals surface area contributed by atoms with Crippen molar-refractivity contribution in [3.63, 3.8) is 0 Å². The van der Waals surface area contributed by atoms with E-state index in [1.165, 1.54) is 16.0 Å². The van der Waals surface area contributed by atoms with Crippen LogP contribution in [0, 0.1) is 0 Å². The molecule has 2 aromatic rings. The summed E-state index contributed by atoms with van der Waals surface area (Å²) < 4.78 is 33.4. The predicted octanol–water partition coefficient (Wildman–Crippen LogP) is 1.24. The number of carbonyl (C=O) groups is 1. The van der Waals surface area contributed by atoms with Crippen LogP contribution < -0.4 is 5.56 Å². The summed E-state index contributed by atoms with van der Waals surface area (Å²) in [4.78, 5) is 23.2. The summed E-state index contributed by atoms with van der Waals surface area (Å²) in [5.41, 5.74) is 2.54. The van der Waals surface area contributed by atoms with Crippen LogP contribution in [0.4, 0.5) is 0 Å². The first-order chi connectivity index (χ1) is 12.8. The van der Waals surface area contributed by atoms with Crippen LogP contribution >= 0.6 is 0 Å². The Kier molecular flexibility index (Phi) is 5.48. The van der Waals surface area contributed by atoms with E-state index in [9.17, 15) is 18.0 Å². The molecule has 0 fully saturated rings. The van der Waals surface area contributed by atoms with Gasteiger partial charge in [-0.3, -0.25) is 9.59 Å². The molecule has 1 aromatic carbocycles. The molecule has 144 valence electrons. The molecule has 0 saturated heterocycles. The topological polar surface area (TPSA) is 85.7 Å². The monoisotopic (exact) mass is 390 g/mol. The Labute approximate surface area is 158 Å². The number of methoxy groups -OCH3 is 1. The molecule has 27 heavy (non-hydrogen) atoms. The SMILES string of the molecule is COC(=O)CCc1ccc(S(=O)(=O)N2CCc3cc(=O)n(C)cc3C2)cc1. The summed E-state index contributed by atoms with van der Waals surface area (Å²) >= 11 is 0. The Balaban J connectivity index is 1.77. The molecule has 0 N–H and O–H groups in total. The molecule has 0 unspecified atom stereocenters. The van der Waals surface area contributed by atoms with Crippen molar-refractivity contribution in [2.75, 3.05) is 13.7 Å². The highest BCUT2D eigenvalue weighted by Gasteiger charge is 2.28. The second kappa shape index (κ2) is 7.66. The van der Waals surface area contributed by atoms with Gasteiger partial charge in [-0.05, 0) is 41.7 Å². The maximum atomic E-state index is 13.0. The molecule has 1 aliphatic heterocycles. The quantitative estimate of drug-likeness (QED) is 0.717. The van der Waals surface area contributed by atoms with Crippen molar-refractivity contribution in [3.8, 4) is 0 Å². The van der Waals surface area contributed by atoms with Crippen LogP contribution in [0.2, 0.25) is 0 Å². The molecule has 7 nitrogen and oxygen atoms in total. The Morgan fingerprint density at radius 3 is 2.56 bits per heavy atom. The Bertz CT molecular complexity index is 1010. The van der Waals surface area contributed by atoms with E-state index in [1.807, 2.05) is 0 Å². The minimum atomic E-state index is -3.63. The molecule has 0 radical (unpaired) electrons. The van der Waals surface area contributed by atoms with Crippen LogP contribution in [0.25, 0.3) is 0 Å². The van der Waals surface area contributed by atoms with Crippen LogP contribution in [0.5, 0.6) is 0 Å². The van der Waals surface area contributed by atoms with Crippen LogP contribution in [-0.2, 0) is 46.0 Å². The summed E-state index contributed by atoms with van der Waals surface area (Å²) in [5.74, 6) is -0.298. The molecule has 1 aliphatic rings. The zero-order valence-electron chi connectivity index (χ0n) is 15.3. The molecular weight excluding hydrogens is 368 g/mol. The lowest BCUT2D eigenvalue weighted by atomic mass is 10.0. The molecule has 0 atom stereocenters. The van der Waals surface area contributed by atoms with Crippen molar-refractivity contribution in [2.45, 2.75) is 30.7 Å². The zero-order chi connectivity index (χ0) is 19.6. The number of fused-ring (bicyclic) bond motifs is 1. The average molecular weight is 390 g/mol. The van der Waals surface area contributed by atoms with Gasteiger partial charge in [0.05, 0.1) is 12.0 Å². The fraction of sp³-hybridized carbons (Fsp3) is 0.368. The van der Waals surface area contributed by atoms with Crippen LogP contribution in [-0.4, -0.2) is 36.9 Å². The third kappa shape index (κ3) is 4.12. The lowest BCUT2D eigenvalue weighted by Gasteiger charge is -2.28. The normalized spacial score (nSPS) is 14.6. The summed E-state index contributed by atoms with van der Waals surface area (Å²) in [6.07, 6.45) is 2.97. The summed E-state index contributed by atoms with van der Waals surface area (Å²) in [6, 6.07) is 8.15. The number of hydrogen-bond donors (Lipinski definition) is 0. The second-order valence-electron chi connectivity index (χ2n) is 6.58. The van der Waals surface area contributed by atoms with Gasteiger partial charge >= 0.3 is 5.97 Å². The molecule has 0 spiro atoms. The highest BCUT2D eigenvalue weighted by Crippen LogP contribution is 2.24. The van der Waals surface area contributed by atoms with Gasteiger partial charge in [0.1, 0.15) is 0 Å². The number of benzene rings is 1. The van der Waals surface area contributed by atoms with Crippen molar-refractivity contribution < 1.29 is 17.9 Å². The average Bonchev–Trinajstić information content (AvgIpc) is 2.67. The maximum absolute atomic E-state index is 13.0. The maximum Gasteiger partial charge on any atom is 0.305 e. The van der Waals surface area contributed by atoms with E-state index in [2.05, 4.69) is 4.74 Å². The molecule has 8 heteroatoms. The summed E-state index contributed by atoms with van der Waals surface area (Å²) in [7, 11) is -0.630. The molecule has 1 aromatic heterocycles. The molecular formula is C19H22N2O5S. The van der Waals surface area contributed by atoms with E-state index in [-0.39, 0.29) is 29.4 Å². The molecule has 0 amide bonds. The van der Waals surface area contributed by atoms with Crippen molar-refractivity contribution >= 4 is 16.0 Å². The number of pyridine rings is 1. The number of rotatable bonds is 5. The van der Waals surface area contributed by atoms with Crippen molar-refractivity contribution in [2.24, 2.45) is 7.05 Å². The fourth-order valence-electron chi connectivity index (χ4n) is 3.14. The number of hydrogen-bond acceptors (Lipinski definition) is 5. The highest BCUT2D eigenvalue weighted by atomic mass is 32.2. The minimum Gasteiger partial charge on any atom is -0.469 e. The van der Waals surface area contributed by atoms with Crippen LogP contribution in [0.15, 0.2) is 46.2 Å². The van der Waals surface area contributed by atoms with E-state index in [0.29, 0.717) is 19.4 Å². The van der Waals surface area contributed by atoms with Gasteiger partial charge < -0.3 is 9.30 Å². The lowest BCUT2D eigenvalue weighted by molar-refractivity contribution is -0.140. The molecule has 0 aliphatic carbocycles. The number of nitrogens with zero attached hydrogens (tertiary/aromatic N) is 2. The minimum absolute atomic E-state index is 0.0902. The number of sulfonamides is 1. The fourth-order valence-corrected chi connectivity index (χ4v) is 4.56. The van der Waals surface area contributed by atoms with E-state index >= 15 is 0 Å². The van der Waals surface area contributed by atoms with E-state index in [0.717, 1.165) is 16.7 Å². The number of carbonyl (C=O) groups excluding carboxylic acids is 1. The number of ether oxygens (including phenoxy) is 1. The van der Waals surface area contributed by atoms with Gasteiger partial charge in [0, 0.05) is 38.8 Å².